The van der Waals surface area contributed by atoms with E-state index in [9.17, 15) is 4.79 Å². The molecule has 1 unspecified atom stereocenters. The highest BCUT2D eigenvalue weighted by Gasteiger charge is 2.18. The third-order valence-corrected chi connectivity index (χ3v) is 2.76. The van der Waals surface area contributed by atoms with E-state index in [0.29, 0.717) is 12.5 Å². The smallest absolute Gasteiger partial charge is 0.305 e. The van der Waals surface area contributed by atoms with E-state index in [-0.39, 0.29) is 5.97 Å². The zero-order chi connectivity index (χ0) is 11.1. The second-order valence-corrected chi connectivity index (χ2v) is 3.88. The molecule has 0 bridgehead atoms. The first-order valence-electron chi connectivity index (χ1n) is 5.67. The minimum Gasteiger partial charge on any atom is -0.469 e. The summed E-state index contributed by atoms with van der Waals surface area (Å²) in [4.78, 5) is 13.3. The van der Waals surface area contributed by atoms with Crippen molar-refractivity contribution in [1.82, 2.24) is 4.90 Å². The van der Waals surface area contributed by atoms with E-state index in [1.54, 1.807) is 0 Å². The summed E-state index contributed by atoms with van der Waals surface area (Å²) < 4.78 is 10.2. The molecule has 0 aliphatic carbocycles. The molecule has 1 saturated heterocycles. The molecule has 88 valence electrons. The van der Waals surface area contributed by atoms with Crippen LogP contribution in [0.25, 0.3) is 0 Å². The van der Waals surface area contributed by atoms with Gasteiger partial charge in [-0.25, -0.2) is 0 Å². The molecular formula is C11H21NO3. The fourth-order valence-corrected chi connectivity index (χ4v) is 1.78. The molecule has 0 aromatic carbocycles. The quantitative estimate of drug-likeness (QED) is 0.643. The van der Waals surface area contributed by atoms with Crippen LogP contribution < -0.4 is 0 Å². The standard InChI is InChI=1S/C11H21NO3/c1-3-10-9-12(7-8-15-10)6-4-5-11(13)14-2/h10H,3-9H2,1-2H3. The van der Waals surface area contributed by atoms with Crippen LogP contribution in [-0.4, -0.2) is 50.3 Å². The van der Waals surface area contributed by atoms with E-state index in [2.05, 4.69) is 16.6 Å². The van der Waals surface area contributed by atoms with Crippen LogP contribution in [0.1, 0.15) is 26.2 Å². The zero-order valence-electron chi connectivity index (χ0n) is 9.70. The minimum absolute atomic E-state index is 0.115. The largest absolute Gasteiger partial charge is 0.469 e. The van der Waals surface area contributed by atoms with Gasteiger partial charge in [-0.2, -0.15) is 0 Å². The van der Waals surface area contributed by atoms with Crippen molar-refractivity contribution in [2.75, 3.05) is 33.4 Å². The molecule has 1 aliphatic heterocycles. The molecule has 0 aromatic rings. The molecule has 1 rings (SSSR count). The van der Waals surface area contributed by atoms with E-state index < -0.39 is 0 Å². The maximum absolute atomic E-state index is 10.9. The summed E-state index contributed by atoms with van der Waals surface area (Å²) in [6, 6.07) is 0. The van der Waals surface area contributed by atoms with Crippen LogP contribution in [-0.2, 0) is 14.3 Å². The lowest BCUT2D eigenvalue weighted by molar-refractivity contribution is -0.140. The summed E-state index contributed by atoms with van der Waals surface area (Å²) >= 11 is 0. The molecule has 15 heavy (non-hydrogen) atoms. The lowest BCUT2D eigenvalue weighted by Gasteiger charge is -2.32. The Kier molecular flexibility index (Phi) is 5.65. The van der Waals surface area contributed by atoms with Gasteiger partial charge in [-0.3, -0.25) is 9.69 Å². The van der Waals surface area contributed by atoms with Gasteiger partial charge < -0.3 is 9.47 Å². The first-order valence-corrected chi connectivity index (χ1v) is 5.67. The third kappa shape index (κ3) is 4.62. The zero-order valence-corrected chi connectivity index (χ0v) is 9.70. The Bertz CT molecular complexity index is 196. The van der Waals surface area contributed by atoms with Gasteiger partial charge in [0.2, 0.25) is 0 Å². The highest BCUT2D eigenvalue weighted by Crippen LogP contribution is 2.09. The van der Waals surface area contributed by atoms with Gasteiger partial charge in [-0.1, -0.05) is 6.92 Å². The molecule has 0 amide bonds. The number of hydrogen-bond acceptors (Lipinski definition) is 4. The molecule has 1 aliphatic rings. The normalized spacial score (nSPS) is 22.7. The Labute approximate surface area is 91.5 Å². The van der Waals surface area contributed by atoms with Crippen molar-refractivity contribution in [1.29, 1.82) is 0 Å². The van der Waals surface area contributed by atoms with Crippen molar-refractivity contribution in [2.45, 2.75) is 32.3 Å². The van der Waals surface area contributed by atoms with Gasteiger partial charge in [0.15, 0.2) is 0 Å². The van der Waals surface area contributed by atoms with Gasteiger partial charge in [0.25, 0.3) is 0 Å². The fourth-order valence-electron chi connectivity index (χ4n) is 1.78. The summed E-state index contributed by atoms with van der Waals surface area (Å²) in [6.07, 6.45) is 2.83. The highest BCUT2D eigenvalue weighted by atomic mass is 16.5. The van der Waals surface area contributed by atoms with Crippen LogP contribution in [0.5, 0.6) is 0 Å². The van der Waals surface area contributed by atoms with Crippen molar-refractivity contribution in [2.24, 2.45) is 0 Å². The lowest BCUT2D eigenvalue weighted by atomic mass is 10.2. The Morgan fingerprint density at radius 2 is 2.40 bits per heavy atom. The SMILES string of the molecule is CCC1CN(CCCC(=O)OC)CCO1. The molecule has 0 radical (unpaired) electrons. The number of rotatable bonds is 5. The number of nitrogens with zero attached hydrogens (tertiary/aromatic N) is 1. The molecule has 0 spiro atoms. The lowest BCUT2D eigenvalue weighted by Crippen LogP contribution is -2.42. The Morgan fingerprint density at radius 3 is 3.07 bits per heavy atom. The summed E-state index contributed by atoms with van der Waals surface area (Å²) in [5.74, 6) is -0.115. The first kappa shape index (κ1) is 12.5. The summed E-state index contributed by atoms with van der Waals surface area (Å²) in [7, 11) is 1.43. The van der Waals surface area contributed by atoms with Gasteiger partial charge >= 0.3 is 5.97 Å². The average Bonchev–Trinajstić information content (AvgIpc) is 2.29. The van der Waals surface area contributed by atoms with Crippen LogP contribution >= 0.6 is 0 Å². The number of morpholine rings is 1. The van der Waals surface area contributed by atoms with Gasteiger partial charge in [-0.15, -0.1) is 0 Å². The molecule has 0 aromatic heterocycles. The van der Waals surface area contributed by atoms with Crippen LogP contribution in [0.2, 0.25) is 0 Å². The number of ether oxygens (including phenoxy) is 2. The van der Waals surface area contributed by atoms with Crippen LogP contribution in [0.15, 0.2) is 0 Å². The molecule has 0 saturated carbocycles. The van der Waals surface area contributed by atoms with Crippen molar-refractivity contribution >= 4 is 5.97 Å². The van der Waals surface area contributed by atoms with Crippen LogP contribution in [0.4, 0.5) is 0 Å². The van der Waals surface area contributed by atoms with Gasteiger partial charge in [0, 0.05) is 19.5 Å². The maximum Gasteiger partial charge on any atom is 0.305 e. The topological polar surface area (TPSA) is 38.8 Å². The van der Waals surface area contributed by atoms with Crippen LogP contribution in [0.3, 0.4) is 0 Å². The number of carbonyl (C=O) groups is 1. The predicted molar refractivity (Wildman–Crippen MR) is 57.7 cm³/mol. The molecule has 4 heteroatoms. The number of carbonyl (C=O) groups excluding carboxylic acids is 1. The van der Waals surface area contributed by atoms with Crippen molar-refractivity contribution in [3.05, 3.63) is 0 Å². The summed E-state index contributed by atoms with van der Waals surface area (Å²) in [5.41, 5.74) is 0. The van der Waals surface area contributed by atoms with Crippen molar-refractivity contribution in [3.8, 4) is 0 Å². The van der Waals surface area contributed by atoms with E-state index in [0.717, 1.165) is 39.1 Å². The molecule has 1 heterocycles. The summed E-state index contributed by atoms with van der Waals surface area (Å²) in [6.45, 7) is 5.91. The molecular weight excluding hydrogens is 194 g/mol. The highest BCUT2D eigenvalue weighted by molar-refractivity contribution is 5.69. The monoisotopic (exact) mass is 215 g/mol. The van der Waals surface area contributed by atoms with Gasteiger partial charge in [0.05, 0.1) is 19.8 Å². The number of hydrogen-bond donors (Lipinski definition) is 0. The first-order chi connectivity index (χ1) is 7.26. The predicted octanol–water partition coefficient (Wildman–Crippen LogP) is 1.05. The molecule has 1 fully saturated rings. The number of methoxy groups -OCH3 is 1. The third-order valence-electron chi connectivity index (χ3n) is 2.76. The fraction of sp³-hybridized carbons (Fsp3) is 0.909. The average molecular weight is 215 g/mol. The Balaban J connectivity index is 2.12. The van der Waals surface area contributed by atoms with E-state index in [1.165, 1.54) is 7.11 Å². The molecule has 0 N–H and O–H groups in total. The van der Waals surface area contributed by atoms with Crippen LogP contribution in [0, 0.1) is 0 Å². The van der Waals surface area contributed by atoms with E-state index >= 15 is 0 Å². The molecule has 4 nitrogen and oxygen atoms in total. The second-order valence-electron chi connectivity index (χ2n) is 3.88. The van der Waals surface area contributed by atoms with E-state index in [1.807, 2.05) is 0 Å². The minimum atomic E-state index is -0.115. The maximum atomic E-state index is 10.9. The van der Waals surface area contributed by atoms with Gasteiger partial charge in [0.1, 0.15) is 0 Å². The van der Waals surface area contributed by atoms with Gasteiger partial charge in [-0.05, 0) is 19.4 Å². The summed E-state index contributed by atoms with van der Waals surface area (Å²) in [5, 5.41) is 0. The Hall–Kier alpha value is -0.610. The van der Waals surface area contributed by atoms with Crippen molar-refractivity contribution < 1.29 is 14.3 Å². The van der Waals surface area contributed by atoms with E-state index in [4.69, 9.17) is 4.74 Å². The second kappa shape index (κ2) is 6.80. The Morgan fingerprint density at radius 1 is 1.60 bits per heavy atom. The molecule has 1 atom stereocenters. The van der Waals surface area contributed by atoms with Crippen molar-refractivity contribution in [3.63, 3.8) is 0 Å². The number of esters is 1.